The number of benzene rings is 2. The highest BCUT2D eigenvalue weighted by atomic mass is 35.5. The average molecular weight is 453 g/mol. The van der Waals surface area contributed by atoms with E-state index in [2.05, 4.69) is 40.0 Å². The molecule has 0 aliphatic carbocycles. The Morgan fingerprint density at radius 2 is 1.81 bits per heavy atom. The molecular weight excluding hydrogens is 431 g/mol. The highest BCUT2D eigenvalue weighted by Crippen LogP contribution is 2.29. The molecule has 0 aliphatic rings. The number of carbonyl (C=O) groups excluding carboxylic acids is 1. The third kappa shape index (κ3) is 5.24. The number of fused-ring (bicyclic) bond motifs is 1. The number of rotatable bonds is 7. The predicted molar refractivity (Wildman–Crippen MR) is 124 cm³/mol. The van der Waals surface area contributed by atoms with E-state index in [9.17, 15) is 4.79 Å². The Labute approximate surface area is 191 Å². The van der Waals surface area contributed by atoms with Gasteiger partial charge in [0.25, 0.3) is 0 Å². The van der Waals surface area contributed by atoms with E-state index < -0.39 is 0 Å². The van der Waals surface area contributed by atoms with Crippen LogP contribution in [0.15, 0.2) is 60.9 Å². The van der Waals surface area contributed by atoms with Gasteiger partial charge in [0.2, 0.25) is 5.91 Å². The van der Waals surface area contributed by atoms with Crippen LogP contribution in [0, 0.1) is 6.92 Å². The standard InChI is InChI=1S/C24H22Cl2N4O/c1-16-3-2-4-18(11-16)12-23-29-21-13-19(25)20(26)14-22(21)30(23)10-7-24(31)28-15-17-5-8-27-9-6-17/h2-6,8-9,11,13-14H,7,10,12,15H2,1H3,(H,28,31). The molecule has 0 aliphatic heterocycles. The molecule has 0 unspecified atom stereocenters. The van der Waals surface area contributed by atoms with Gasteiger partial charge >= 0.3 is 0 Å². The summed E-state index contributed by atoms with van der Waals surface area (Å²) in [6.45, 7) is 3.04. The molecule has 158 valence electrons. The summed E-state index contributed by atoms with van der Waals surface area (Å²) in [5.41, 5.74) is 5.02. The van der Waals surface area contributed by atoms with E-state index in [1.807, 2.05) is 24.3 Å². The van der Waals surface area contributed by atoms with Gasteiger partial charge in [-0.05, 0) is 42.3 Å². The Bertz CT molecular complexity index is 1220. The van der Waals surface area contributed by atoms with Crippen LogP contribution in [0.1, 0.15) is 28.9 Å². The number of halogens is 2. The number of nitrogens with zero attached hydrogens (tertiary/aromatic N) is 3. The Morgan fingerprint density at radius 1 is 1.03 bits per heavy atom. The van der Waals surface area contributed by atoms with Crippen LogP contribution in [0.4, 0.5) is 0 Å². The van der Waals surface area contributed by atoms with Crippen LogP contribution in [-0.4, -0.2) is 20.4 Å². The van der Waals surface area contributed by atoms with Crippen LogP contribution in [-0.2, 0) is 24.3 Å². The van der Waals surface area contributed by atoms with Crippen molar-refractivity contribution in [2.24, 2.45) is 0 Å². The van der Waals surface area contributed by atoms with Crippen LogP contribution >= 0.6 is 23.2 Å². The molecule has 2 heterocycles. The number of amides is 1. The van der Waals surface area contributed by atoms with Crippen molar-refractivity contribution < 1.29 is 4.79 Å². The predicted octanol–water partition coefficient (Wildman–Crippen LogP) is 5.34. The molecule has 0 spiro atoms. The van der Waals surface area contributed by atoms with E-state index in [1.165, 1.54) is 5.56 Å². The lowest BCUT2D eigenvalue weighted by atomic mass is 10.1. The molecule has 1 N–H and O–H groups in total. The van der Waals surface area contributed by atoms with Gasteiger partial charge in [0, 0.05) is 38.3 Å². The van der Waals surface area contributed by atoms with Gasteiger partial charge in [0.05, 0.1) is 21.1 Å². The second-order valence-corrected chi connectivity index (χ2v) is 8.30. The summed E-state index contributed by atoms with van der Waals surface area (Å²) in [6, 6.07) is 15.7. The smallest absolute Gasteiger partial charge is 0.222 e. The van der Waals surface area contributed by atoms with Crippen LogP contribution in [0.5, 0.6) is 0 Å². The second kappa shape index (κ2) is 9.50. The fourth-order valence-corrected chi connectivity index (χ4v) is 3.88. The lowest BCUT2D eigenvalue weighted by Gasteiger charge is -2.11. The van der Waals surface area contributed by atoms with Gasteiger partial charge in [-0.2, -0.15) is 0 Å². The fourth-order valence-electron chi connectivity index (χ4n) is 3.56. The topological polar surface area (TPSA) is 59.8 Å². The number of hydrogen-bond acceptors (Lipinski definition) is 3. The number of aromatic nitrogens is 3. The summed E-state index contributed by atoms with van der Waals surface area (Å²) >= 11 is 12.5. The molecule has 0 fully saturated rings. The minimum absolute atomic E-state index is 0.0276. The Balaban J connectivity index is 1.55. The number of pyridine rings is 1. The number of carbonyl (C=O) groups is 1. The molecule has 4 aromatic rings. The van der Waals surface area contributed by atoms with Crippen molar-refractivity contribution in [2.45, 2.75) is 32.9 Å². The molecule has 0 bridgehead atoms. The van der Waals surface area contributed by atoms with Gasteiger partial charge in [-0.1, -0.05) is 53.0 Å². The molecule has 4 rings (SSSR count). The monoisotopic (exact) mass is 452 g/mol. The zero-order chi connectivity index (χ0) is 21.8. The van der Waals surface area contributed by atoms with Crippen LogP contribution in [0.25, 0.3) is 11.0 Å². The van der Waals surface area contributed by atoms with Gasteiger partial charge < -0.3 is 9.88 Å². The van der Waals surface area contributed by atoms with E-state index in [4.69, 9.17) is 28.2 Å². The van der Waals surface area contributed by atoms with Crippen molar-refractivity contribution in [1.29, 1.82) is 0 Å². The third-order valence-electron chi connectivity index (χ3n) is 5.12. The van der Waals surface area contributed by atoms with E-state index >= 15 is 0 Å². The number of aryl methyl sites for hydroxylation is 2. The first-order valence-corrected chi connectivity index (χ1v) is 10.8. The van der Waals surface area contributed by atoms with E-state index in [1.54, 1.807) is 18.5 Å². The molecule has 0 saturated carbocycles. The summed E-state index contributed by atoms with van der Waals surface area (Å²) < 4.78 is 2.06. The SMILES string of the molecule is Cc1cccc(Cc2nc3cc(Cl)c(Cl)cc3n2CCC(=O)NCc2ccncc2)c1. The highest BCUT2D eigenvalue weighted by Gasteiger charge is 2.15. The highest BCUT2D eigenvalue weighted by molar-refractivity contribution is 6.42. The summed E-state index contributed by atoms with van der Waals surface area (Å²) in [5.74, 6) is 0.848. The molecular formula is C24H22Cl2N4O. The van der Waals surface area contributed by atoms with Crippen molar-refractivity contribution in [3.63, 3.8) is 0 Å². The Hall–Kier alpha value is -2.89. The molecule has 31 heavy (non-hydrogen) atoms. The largest absolute Gasteiger partial charge is 0.352 e. The van der Waals surface area contributed by atoms with Gasteiger partial charge in [0.1, 0.15) is 5.82 Å². The quantitative estimate of drug-likeness (QED) is 0.411. The zero-order valence-corrected chi connectivity index (χ0v) is 18.6. The average Bonchev–Trinajstić information content (AvgIpc) is 3.07. The molecule has 0 atom stereocenters. The van der Waals surface area contributed by atoms with Crippen molar-refractivity contribution >= 4 is 40.1 Å². The summed E-state index contributed by atoms with van der Waals surface area (Å²) in [6.07, 6.45) is 4.42. The minimum atomic E-state index is -0.0276. The van der Waals surface area contributed by atoms with Crippen molar-refractivity contribution in [3.8, 4) is 0 Å². The van der Waals surface area contributed by atoms with E-state index in [-0.39, 0.29) is 5.91 Å². The molecule has 2 aromatic heterocycles. The first kappa shape index (κ1) is 21.3. The molecule has 1 amide bonds. The maximum atomic E-state index is 12.5. The van der Waals surface area contributed by atoms with E-state index in [0.29, 0.717) is 36.0 Å². The Morgan fingerprint density at radius 3 is 2.58 bits per heavy atom. The molecule has 7 heteroatoms. The van der Waals surface area contributed by atoms with E-state index in [0.717, 1.165) is 28.0 Å². The van der Waals surface area contributed by atoms with Crippen LogP contribution < -0.4 is 5.32 Å². The van der Waals surface area contributed by atoms with Crippen molar-refractivity contribution in [2.75, 3.05) is 0 Å². The van der Waals surface area contributed by atoms with Crippen molar-refractivity contribution in [3.05, 3.63) is 93.5 Å². The zero-order valence-electron chi connectivity index (χ0n) is 17.1. The normalized spacial score (nSPS) is 11.1. The number of nitrogens with one attached hydrogen (secondary N) is 1. The maximum Gasteiger partial charge on any atom is 0.222 e. The lowest BCUT2D eigenvalue weighted by molar-refractivity contribution is -0.121. The summed E-state index contributed by atoms with van der Waals surface area (Å²) in [5, 5.41) is 3.90. The van der Waals surface area contributed by atoms with Crippen LogP contribution in [0.2, 0.25) is 10.0 Å². The first-order chi connectivity index (χ1) is 15.0. The maximum absolute atomic E-state index is 12.5. The third-order valence-corrected chi connectivity index (χ3v) is 5.84. The lowest BCUT2D eigenvalue weighted by Crippen LogP contribution is -2.24. The Kier molecular flexibility index (Phi) is 6.54. The summed E-state index contributed by atoms with van der Waals surface area (Å²) in [4.78, 5) is 21.3. The van der Waals surface area contributed by atoms with Crippen LogP contribution in [0.3, 0.4) is 0 Å². The van der Waals surface area contributed by atoms with Gasteiger partial charge in [-0.3, -0.25) is 9.78 Å². The summed E-state index contributed by atoms with van der Waals surface area (Å²) in [7, 11) is 0. The fraction of sp³-hybridized carbons (Fsp3) is 0.208. The van der Waals surface area contributed by atoms with Crippen molar-refractivity contribution in [1.82, 2.24) is 19.9 Å². The second-order valence-electron chi connectivity index (χ2n) is 7.48. The minimum Gasteiger partial charge on any atom is -0.352 e. The number of imidazole rings is 1. The number of hydrogen-bond donors (Lipinski definition) is 1. The molecule has 5 nitrogen and oxygen atoms in total. The molecule has 0 saturated heterocycles. The first-order valence-electron chi connectivity index (χ1n) is 10.0. The van der Waals surface area contributed by atoms with Gasteiger partial charge in [0.15, 0.2) is 0 Å². The molecule has 0 radical (unpaired) electrons. The van der Waals surface area contributed by atoms with Gasteiger partial charge in [-0.15, -0.1) is 0 Å². The van der Waals surface area contributed by atoms with Gasteiger partial charge in [-0.25, -0.2) is 4.98 Å². The molecule has 2 aromatic carbocycles.